The van der Waals surface area contributed by atoms with Crippen LogP contribution >= 0.6 is 0 Å². The number of ether oxygens (including phenoxy) is 1. The Morgan fingerprint density at radius 1 is 1.15 bits per heavy atom. The van der Waals surface area contributed by atoms with E-state index in [9.17, 15) is 5.11 Å². The standard InChI is InChI=1S/C20H20N4O2/c1-11-8-15(26-3)9-16-18(11)22-20-17(12(2)23-24-20)19(16)21-10-13-4-6-14(25)7-5-13/h4-9,25H,10H2,1-3H3,(H2,21,22,23,24). The Morgan fingerprint density at radius 2 is 1.92 bits per heavy atom. The highest BCUT2D eigenvalue weighted by molar-refractivity contribution is 6.08. The summed E-state index contributed by atoms with van der Waals surface area (Å²) in [6.45, 7) is 4.63. The molecule has 0 amide bonds. The van der Waals surface area contributed by atoms with E-state index in [2.05, 4.69) is 15.5 Å². The molecule has 0 saturated heterocycles. The number of phenols is 1. The molecule has 0 aliphatic carbocycles. The summed E-state index contributed by atoms with van der Waals surface area (Å²) in [6, 6.07) is 11.2. The van der Waals surface area contributed by atoms with E-state index in [4.69, 9.17) is 9.72 Å². The number of nitrogens with one attached hydrogen (secondary N) is 2. The number of fused-ring (bicyclic) bond motifs is 2. The second kappa shape index (κ2) is 6.22. The number of phenolic OH excluding ortho intramolecular Hbond substituents is 1. The van der Waals surface area contributed by atoms with Gasteiger partial charge < -0.3 is 15.2 Å². The average molecular weight is 348 g/mol. The van der Waals surface area contributed by atoms with Crippen molar-refractivity contribution in [3.63, 3.8) is 0 Å². The largest absolute Gasteiger partial charge is 0.508 e. The van der Waals surface area contributed by atoms with E-state index < -0.39 is 0 Å². The Bertz CT molecular complexity index is 1100. The van der Waals surface area contributed by atoms with Crippen LogP contribution in [-0.2, 0) is 6.54 Å². The summed E-state index contributed by atoms with van der Waals surface area (Å²) < 4.78 is 5.45. The predicted molar refractivity (Wildman–Crippen MR) is 103 cm³/mol. The molecule has 6 heteroatoms. The summed E-state index contributed by atoms with van der Waals surface area (Å²) in [4.78, 5) is 4.73. The number of hydrogen-bond donors (Lipinski definition) is 3. The van der Waals surface area contributed by atoms with Gasteiger partial charge in [0, 0.05) is 17.6 Å². The molecular formula is C20H20N4O2. The number of pyridine rings is 1. The summed E-state index contributed by atoms with van der Waals surface area (Å²) in [6.07, 6.45) is 0. The van der Waals surface area contributed by atoms with Gasteiger partial charge in [0.25, 0.3) is 0 Å². The van der Waals surface area contributed by atoms with Crippen molar-refractivity contribution < 1.29 is 9.84 Å². The molecule has 0 saturated carbocycles. The van der Waals surface area contributed by atoms with Gasteiger partial charge in [0.1, 0.15) is 11.5 Å². The molecule has 0 aliphatic heterocycles. The fourth-order valence-corrected chi connectivity index (χ4v) is 3.23. The van der Waals surface area contributed by atoms with Crippen molar-refractivity contribution in [1.82, 2.24) is 15.2 Å². The molecule has 2 heterocycles. The fraction of sp³-hybridized carbons (Fsp3) is 0.200. The summed E-state index contributed by atoms with van der Waals surface area (Å²) >= 11 is 0. The van der Waals surface area contributed by atoms with Gasteiger partial charge in [-0.05, 0) is 49.2 Å². The van der Waals surface area contributed by atoms with E-state index in [1.165, 1.54) is 0 Å². The number of nitrogens with zero attached hydrogens (tertiary/aromatic N) is 2. The van der Waals surface area contributed by atoms with Gasteiger partial charge in [-0.1, -0.05) is 12.1 Å². The van der Waals surface area contributed by atoms with E-state index in [1.807, 2.05) is 38.1 Å². The van der Waals surface area contributed by atoms with Crippen LogP contribution < -0.4 is 10.1 Å². The number of aromatic nitrogens is 3. The minimum Gasteiger partial charge on any atom is -0.508 e. The van der Waals surface area contributed by atoms with Crippen LogP contribution in [0, 0.1) is 13.8 Å². The van der Waals surface area contributed by atoms with Crippen LogP contribution in [0.2, 0.25) is 0 Å². The Hall–Kier alpha value is -3.28. The molecule has 0 radical (unpaired) electrons. The molecule has 4 rings (SSSR count). The molecule has 0 unspecified atom stereocenters. The van der Waals surface area contributed by atoms with Crippen molar-refractivity contribution >= 4 is 27.6 Å². The number of methoxy groups -OCH3 is 1. The zero-order valence-corrected chi connectivity index (χ0v) is 14.9. The van der Waals surface area contributed by atoms with Gasteiger partial charge in [0.15, 0.2) is 5.65 Å². The third-order valence-corrected chi connectivity index (χ3v) is 4.58. The van der Waals surface area contributed by atoms with Crippen LogP contribution in [0.15, 0.2) is 36.4 Å². The van der Waals surface area contributed by atoms with E-state index in [-0.39, 0.29) is 5.75 Å². The lowest BCUT2D eigenvalue weighted by atomic mass is 10.1. The van der Waals surface area contributed by atoms with Gasteiger partial charge in [0.2, 0.25) is 0 Å². The highest BCUT2D eigenvalue weighted by Gasteiger charge is 2.16. The molecule has 0 atom stereocenters. The lowest BCUT2D eigenvalue weighted by molar-refractivity contribution is 0.415. The first-order valence-corrected chi connectivity index (χ1v) is 8.41. The molecule has 2 aromatic heterocycles. The molecule has 132 valence electrons. The highest BCUT2D eigenvalue weighted by Crippen LogP contribution is 2.35. The number of anilines is 1. The molecule has 3 N–H and O–H groups in total. The molecule has 2 aromatic carbocycles. The molecule has 4 aromatic rings. The third-order valence-electron chi connectivity index (χ3n) is 4.58. The summed E-state index contributed by atoms with van der Waals surface area (Å²) in [5.74, 6) is 1.06. The van der Waals surface area contributed by atoms with Crippen molar-refractivity contribution in [2.24, 2.45) is 0 Å². The van der Waals surface area contributed by atoms with E-state index in [1.54, 1.807) is 19.2 Å². The van der Waals surface area contributed by atoms with Crippen LogP contribution in [0.25, 0.3) is 21.9 Å². The maximum absolute atomic E-state index is 9.47. The topological polar surface area (TPSA) is 83.1 Å². The van der Waals surface area contributed by atoms with Crippen molar-refractivity contribution in [3.8, 4) is 11.5 Å². The van der Waals surface area contributed by atoms with Crippen LogP contribution in [0.3, 0.4) is 0 Å². The number of hydrogen-bond acceptors (Lipinski definition) is 5. The number of benzene rings is 2. The minimum absolute atomic E-state index is 0.261. The van der Waals surface area contributed by atoms with Crippen molar-refractivity contribution in [2.75, 3.05) is 12.4 Å². The van der Waals surface area contributed by atoms with E-state index in [0.717, 1.165) is 44.5 Å². The molecule has 0 spiro atoms. The zero-order valence-electron chi connectivity index (χ0n) is 14.9. The van der Waals surface area contributed by atoms with Crippen LogP contribution in [0.5, 0.6) is 11.5 Å². The van der Waals surface area contributed by atoms with Crippen molar-refractivity contribution in [1.29, 1.82) is 0 Å². The maximum Gasteiger partial charge on any atom is 0.183 e. The SMILES string of the molecule is COc1cc(C)c2nc3n[nH]c(C)c3c(NCc3ccc(O)cc3)c2c1. The number of aryl methyl sites for hydroxylation is 2. The van der Waals surface area contributed by atoms with Crippen LogP contribution in [-0.4, -0.2) is 27.4 Å². The molecule has 6 nitrogen and oxygen atoms in total. The lowest BCUT2D eigenvalue weighted by Gasteiger charge is -2.14. The molecular weight excluding hydrogens is 328 g/mol. The Kier molecular flexibility index (Phi) is 3.88. The number of rotatable bonds is 4. The minimum atomic E-state index is 0.261. The van der Waals surface area contributed by atoms with Gasteiger partial charge in [-0.2, -0.15) is 5.10 Å². The van der Waals surface area contributed by atoms with Crippen LogP contribution in [0.1, 0.15) is 16.8 Å². The first-order valence-electron chi connectivity index (χ1n) is 8.41. The Labute approximate surface area is 150 Å². The second-order valence-electron chi connectivity index (χ2n) is 6.39. The van der Waals surface area contributed by atoms with Crippen molar-refractivity contribution in [2.45, 2.75) is 20.4 Å². The number of aromatic amines is 1. The zero-order chi connectivity index (χ0) is 18.3. The number of H-pyrrole nitrogens is 1. The van der Waals surface area contributed by atoms with E-state index in [0.29, 0.717) is 12.2 Å². The molecule has 0 bridgehead atoms. The van der Waals surface area contributed by atoms with Gasteiger partial charge in [0.05, 0.1) is 23.7 Å². The smallest absolute Gasteiger partial charge is 0.183 e. The summed E-state index contributed by atoms with van der Waals surface area (Å²) in [5.41, 5.74) is 5.64. The highest BCUT2D eigenvalue weighted by atomic mass is 16.5. The van der Waals surface area contributed by atoms with Gasteiger partial charge in [-0.15, -0.1) is 0 Å². The summed E-state index contributed by atoms with van der Waals surface area (Å²) in [7, 11) is 1.67. The van der Waals surface area contributed by atoms with E-state index >= 15 is 0 Å². The quantitative estimate of drug-likeness (QED) is 0.518. The maximum atomic E-state index is 9.47. The van der Waals surface area contributed by atoms with Gasteiger partial charge in [-0.25, -0.2) is 4.98 Å². The van der Waals surface area contributed by atoms with Gasteiger partial charge >= 0.3 is 0 Å². The second-order valence-corrected chi connectivity index (χ2v) is 6.39. The third kappa shape index (κ3) is 2.69. The molecule has 26 heavy (non-hydrogen) atoms. The normalized spacial score (nSPS) is 11.2. The number of aromatic hydroxyl groups is 1. The molecule has 0 fully saturated rings. The monoisotopic (exact) mass is 348 g/mol. The first kappa shape index (κ1) is 16.2. The fourth-order valence-electron chi connectivity index (χ4n) is 3.23. The molecule has 0 aliphatic rings. The van der Waals surface area contributed by atoms with Gasteiger partial charge in [-0.3, -0.25) is 5.10 Å². The lowest BCUT2D eigenvalue weighted by Crippen LogP contribution is -2.02. The average Bonchev–Trinajstić information content (AvgIpc) is 3.01. The van der Waals surface area contributed by atoms with Crippen molar-refractivity contribution in [3.05, 3.63) is 53.2 Å². The Morgan fingerprint density at radius 3 is 2.65 bits per heavy atom. The summed E-state index contributed by atoms with van der Waals surface area (Å²) in [5, 5.41) is 22.3. The van der Waals surface area contributed by atoms with Crippen LogP contribution in [0.4, 0.5) is 5.69 Å². The first-order chi connectivity index (χ1) is 12.6. The Balaban J connectivity index is 1.89. The predicted octanol–water partition coefficient (Wildman–Crippen LogP) is 4.05.